The summed E-state index contributed by atoms with van der Waals surface area (Å²) >= 11 is 0. The fourth-order valence-electron chi connectivity index (χ4n) is 4.29. The fourth-order valence-corrected chi connectivity index (χ4v) is 4.29. The highest BCUT2D eigenvalue weighted by Gasteiger charge is 2.44. The van der Waals surface area contributed by atoms with Crippen LogP contribution < -0.4 is 0 Å². The van der Waals surface area contributed by atoms with Crippen molar-refractivity contribution in [3.8, 4) is 0 Å². The molecule has 1 unspecified atom stereocenters. The van der Waals surface area contributed by atoms with Crippen molar-refractivity contribution in [2.45, 2.75) is 66.2 Å². The number of fused-ring (bicyclic) bond motifs is 1. The Labute approximate surface area is 95.8 Å². The largest absolute Gasteiger partial charge is 0.0625 e. The second-order valence-corrected chi connectivity index (χ2v) is 6.91. The molecule has 2 fully saturated rings. The zero-order valence-electron chi connectivity index (χ0n) is 11.1. The Morgan fingerprint density at radius 2 is 1.87 bits per heavy atom. The molecule has 0 saturated heterocycles. The highest BCUT2D eigenvalue weighted by Crippen LogP contribution is 2.54. The maximum absolute atomic E-state index is 2.57. The molecule has 0 amide bonds. The third kappa shape index (κ3) is 2.10. The van der Waals surface area contributed by atoms with Crippen molar-refractivity contribution in [2.75, 3.05) is 0 Å². The minimum Gasteiger partial charge on any atom is -0.0625 e. The van der Waals surface area contributed by atoms with Crippen LogP contribution in [0.15, 0.2) is 0 Å². The van der Waals surface area contributed by atoms with E-state index in [2.05, 4.69) is 27.7 Å². The van der Waals surface area contributed by atoms with E-state index >= 15 is 0 Å². The van der Waals surface area contributed by atoms with Crippen LogP contribution in [-0.4, -0.2) is 0 Å². The molecular formula is C15H28. The Bertz CT molecular complexity index is 218. The molecule has 0 bridgehead atoms. The molecule has 0 aromatic carbocycles. The topological polar surface area (TPSA) is 0 Å². The lowest BCUT2D eigenvalue weighted by Gasteiger charge is -2.51. The molecule has 0 N–H and O–H groups in total. The summed E-state index contributed by atoms with van der Waals surface area (Å²) in [6, 6.07) is 0. The van der Waals surface area contributed by atoms with Crippen LogP contribution in [0.2, 0.25) is 0 Å². The van der Waals surface area contributed by atoms with Gasteiger partial charge in [0.2, 0.25) is 0 Å². The third-order valence-corrected chi connectivity index (χ3v) is 5.58. The van der Waals surface area contributed by atoms with Crippen LogP contribution in [0.1, 0.15) is 66.2 Å². The summed E-state index contributed by atoms with van der Waals surface area (Å²) in [5, 5.41) is 0. The minimum atomic E-state index is 0.711. The molecule has 0 spiro atoms. The summed E-state index contributed by atoms with van der Waals surface area (Å²) in [5.41, 5.74) is 0.711. The first-order valence-electron chi connectivity index (χ1n) is 7.03. The molecule has 0 aromatic rings. The van der Waals surface area contributed by atoms with Gasteiger partial charge in [0.1, 0.15) is 0 Å². The van der Waals surface area contributed by atoms with E-state index in [0.717, 1.165) is 23.7 Å². The van der Waals surface area contributed by atoms with Crippen molar-refractivity contribution < 1.29 is 0 Å². The van der Waals surface area contributed by atoms with E-state index in [9.17, 15) is 0 Å². The van der Waals surface area contributed by atoms with Crippen molar-refractivity contribution in [2.24, 2.45) is 29.1 Å². The van der Waals surface area contributed by atoms with Crippen LogP contribution in [0.5, 0.6) is 0 Å². The van der Waals surface area contributed by atoms with Crippen LogP contribution in [0.4, 0.5) is 0 Å². The summed E-state index contributed by atoms with van der Waals surface area (Å²) in [6.07, 6.45) is 9.01. The number of hydrogen-bond acceptors (Lipinski definition) is 0. The maximum Gasteiger partial charge on any atom is -0.0295 e. The van der Waals surface area contributed by atoms with Gasteiger partial charge in [0.05, 0.1) is 0 Å². The van der Waals surface area contributed by atoms with Crippen molar-refractivity contribution in [3.05, 3.63) is 0 Å². The van der Waals surface area contributed by atoms with E-state index in [0.29, 0.717) is 5.41 Å². The summed E-state index contributed by atoms with van der Waals surface area (Å²) in [4.78, 5) is 0. The maximum atomic E-state index is 2.57. The van der Waals surface area contributed by atoms with Crippen LogP contribution in [-0.2, 0) is 0 Å². The Morgan fingerprint density at radius 3 is 2.53 bits per heavy atom. The molecule has 0 radical (unpaired) electrons. The molecule has 0 heterocycles. The van der Waals surface area contributed by atoms with Crippen LogP contribution in [0, 0.1) is 29.1 Å². The molecule has 2 aliphatic carbocycles. The molecule has 2 aliphatic rings. The smallest absolute Gasteiger partial charge is 0.0295 e. The van der Waals surface area contributed by atoms with Crippen molar-refractivity contribution in [1.82, 2.24) is 0 Å². The second-order valence-electron chi connectivity index (χ2n) is 6.91. The molecular weight excluding hydrogens is 180 g/mol. The Kier molecular flexibility index (Phi) is 3.14. The third-order valence-electron chi connectivity index (χ3n) is 5.58. The van der Waals surface area contributed by atoms with Gasteiger partial charge in [-0.2, -0.15) is 0 Å². The predicted octanol–water partition coefficient (Wildman–Crippen LogP) is 4.89. The highest BCUT2D eigenvalue weighted by atomic mass is 14.5. The van der Waals surface area contributed by atoms with Gasteiger partial charge in [-0.15, -0.1) is 0 Å². The lowest BCUT2D eigenvalue weighted by Crippen LogP contribution is -2.41. The van der Waals surface area contributed by atoms with E-state index in [4.69, 9.17) is 0 Å². The average Bonchev–Trinajstić information content (AvgIpc) is 2.17. The molecule has 0 heteroatoms. The van der Waals surface area contributed by atoms with Gasteiger partial charge >= 0.3 is 0 Å². The number of hydrogen-bond donors (Lipinski definition) is 0. The first-order valence-corrected chi connectivity index (χ1v) is 7.03. The van der Waals surface area contributed by atoms with Gasteiger partial charge in [-0.1, -0.05) is 40.5 Å². The minimum absolute atomic E-state index is 0.711. The van der Waals surface area contributed by atoms with Gasteiger partial charge in [0.25, 0.3) is 0 Å². The molecule has 0 nitrogen and oxygen atoms in total. The second kappa shape index (κ2) is 4.11. The summed E-state index contributed by atoms with van der Waals surface area (Å²) < 4.78 is 0. The molecule has 88 valence electrons. The van der Waals surface area contributed by atoms with Gasteiger partial charge < -0.3 is 0 Å². The van der Waals surface area contributed by atoms with Gasteiger partial charge in [-0.3, -0.25) is 0 Å². The summed E-state index contributed by atoms with van der Waals surface area (Å²) in [7, 11) is 0. The Hall–Kier alpha value is 0. The SMILES string of the molecule is CC(C)[C@@H]1CC[C@@]2(C)CCC[C@@H](C)C2C1. The zero-order chi connectivity index (χ0) is 11.1. The van der Waals surface area contributed by atoms with Gasteiger partial charge in [0.15, 0.2) is 0 Å². The normalized spacial score (nSPS) is 46.6. The molecule has 2 saturated carbocycles. The van der Waals surface area contributed by atoms with E-state index in [1.54, 1.807) is 0 Å². The quantitative estimate of drug-likeness (QED) is 0.576. The van der Waals surface area contributed by atoms with Crippen LogP contribution in [0.3, 0.4) is 0 Å². The predicted molar refractivity (Wildman–Crippen MR) is 66.8 cm³/mol. The van der Waals surface area contributed by atoms with Crippen molar-refractivity contribution in [1.29, 1.82) is 0 Å². The molecule has 0 aliphatic heterocycles. The summed E-state index contributed by atoms with van der Waals surface area (Å²) in [5.74, 6) is 3.95. The first-order chi connectivity index (χ1) is 7.03. The molecule has 15 heavy (non-hydrogen) atoms. The van der Waals surface area contributed by atoms with Crippen molar-refractivity contribution in [3.63, 3.8) is 0 Å². The van der Waals surface area contributed by atoms with Gasteiger partial charge in [-0.05, 0) is 54.8 Å². The van der Waals surface area contributed by atoms with E-state index in [1.165, 1.54) is 38.5 Å². The first kappa shape index (κ1) is 11.5. The Balaban J connectivity index is 2.09. The Morgan fingerprint density at radius 1 is 1.13 bits per heavy atom. The van der Waals surface area contributed by atoms with E-state index < -0.39 is 0 Å². The van der Waals surface area contributed by atoms with E-state index in [-0.39, 0.29) is 0 Å². The standard InChI is InChI=1S/C15H28/c1-11(2)13-7-9-15(4)8-5-6-12(3)14(15)10-13/h11-14H,5-10H2,1-4H3/t12-,13-,14?,15-/m1/s1. The monoisotopic (exact) mass is 208 g/mol. The summed E-state index contributed by atoms with van der Waals surface area (Å²) in [6.45, 7) is 9.91. The van der Waals surface area contributed by atoms with Gasteiger partial charge in [-0.25, -0.2) is 0 Å². The molecule has 4 atom stereocenters. The lowest BCUT2D eigenvalue weighted by molar-refractivity contribution is -0.00939. The van der Waals surface area contributed by atoms with Gasteiger partial charge in [0, 0.05) is 0 Å². The molecule has 0 aromatic heterocycles. The van der Waals surface area contributed by atoms with E-state index in [1.807, 2.05) is 0 Å². The highest BCUT2D eigenvalue weighted by molar-refractivity contribution is 4.94. The van der Waals surface area contributed by atoms with Crippen LogP contribution >= 0.6 is 0 Å². The molecule has 2 rings (SSSR count). The number of rotatable bonds is 1. The average molecular weight is 208 g/mol. The van der Waals surface area contributed by atoms with Crippen LogP contribution in [0.25, 0.3) is 0 Å². The zero-order valence-corrected chi connectivity index (χ0v) is 11.1. The van der Waals surface area contributed by atoms with Crippen molar-refractivity contribution >= 4 is 0 Å². The fraction of sp³-hybridized carbons (Fsp3) is 1.00. The lowest BCUT2D eigenvalue weighted by atomic mass is 9.54.